The van der Waals surface area contributed by atoms with Gasteiger partial charge in [-0.3, -0.25) is 4.79 Å². The summed E-state index contributed by atoms with van der Waals surface area (Å²) in [5.74, 6) is 2.12. The van der Waals surface area contributed by atoms with Crippen LogP contribution in [0.2, 0.25) is 0 Å². The van der Waals surface area contributed by atoms with Crippen molar-refractivity contribution < 1.29 is 4.79 Å². The number of aryl methyl sites for hydroxylation is 1. The van der Waals surface area contributed by atoms with Crippen LogP contribution in [0, 0.1) is 18.8 Å². The molecule has 0 spiro atoms. The van der Waals surface area contributed by atoms with Crippen LogP contribution < -0.4 is 5.32 Å². The number of thioether (sulfide) groups is 1. The average Bonchev–Trinajstić information content (AvgIpc) is 3.00. The molecule has 1 aliphatic rings. The molecule has 6 heteroatoms. The topological polar surface area (TPSA) is 59.8 Å². The third-order valence-corrected chi connectivity index (χ3v) is 7.04. The summed E-state index contributed by atoms with van der Waals surface area (Å²) >= 11 is 1.47. The average molecular weight is 387 g/mol. The predicted molar refractivity (Wildman–Crippen MR) is 111 cm³/mol. The zero-order chi connectivity index (χ0) is 19.6. The lowest BCUT2D eigenvalue weighted by molar-refractivity contribution is -0.121. The van der Waals surface area contributed by atoms with Gasteiger partial charge in [0.05, 0.1) is 5.25 Å². The highest BCUT2D eigenvalue weighted by Crippen LogP contribution is 2.31. The maximum atomic E-state index is 12.7. The van der Waals surface area contributed by atoms with Gasteiger partial charge in [-0.2, -0.15) is 0 Å². The summed E-state index contributed by atoms with van der Waals surface area (Å²) in [4.78, 5) is 12.7. The summed E-state index contributed by atoms with van der Waals surface area (Å²) in [5, 5.41) is 12.5. The first-order chi connectivity index (χ1) is 12.9. The Labute approximate surface area is 166 Å². The van der Waals surface area contributed by atoms with E-state index in [1.165, 1.54) is 24.6 Å². The van der Waals surface area contributed by atoms with E-state index in [-0.39, 0.29) is 17.2 Å². The second-order valence-electron chi connectivity index (χ2n) is 7.82. The van der Waals surface area contributed by atoms with E-state index in [2.05, 4.69) is 48.4 Å². The van der Waals surface area contributed by atoms with E-state index >= 15 is 0 Å². The predicted octanol–water partition coefficient (Wildman–Crippen LogP) is 4.21. The number of aromatic nitrogens is 3. The minimum atomic E-state index is -0.206. The maximum absolute atomic E-state index is 12.7. The molecule has 0 aliphatic heterocycles. The number of hydrogen-bond acceptors (Lipinski definition) is 4. The monoisotopic (exact) mass is 386 g/mol. The highest BCUT2D eigenvalue weighted by atomic mass is 32.2. The molecule has 2 aromatic rings. The first-order valence-corrected chi connectivity index (χ1v) is 10.7. The molecule has 1 fully saturated rings. The lowest BCUT2D eigenvalue weighted by Crippen LogP contribution is -2.46. The van der Waals surface area contributed by atoms with Crippen LogP contribution in [0.3, 0.4) is 0 Å². The fraction of sp³-hybridized carbons (Fsp3) is 0.571. The molecule has 146 valence electrons. The Kier molecular flexibility index (Phi) is 6.25. The smallest absolute Gasteiger partial charge is 0.233 e. The summed E-state index contributed by atoms with van der Waals surface area (Å²) in [6, 6.07) is 8.43. The highest BCUT2D eigenvalue weighted by Gasteiger charge is 2.30. The third kappa shape index (κ3) is 4.37. The quantitative estimate of drug-likeness (QED) is 0.782. The van der Waals surface area contributed by atoms with Gasteiger partial charge in [0.2, 0.25) is 5.91 Å². The van der Waals surface area contributed by atoms with Crippen molar-refractivity contribution in [3.63, 3.8) is 0 Å². The number of amides is 1. The van der Waals surface area contributed by atoms with Crippen LogP contribution in [0.15, 0.2) is 29.4 Å². The normalized spacial score (nSPS) is 23.8. The Bertz CT molecular complexity index is 803. The Hall–Kier alpha value is -1.82. The molecule has 1 aromatic carbocycles. The van der Waals surface area contributed by atoms with Crippen molar-refractivity contribution in [2.45, 2.75) is 63.4 Å². The molecule has 1 saturated carbocycles. The van der Waals surface area contributed by atoms with Crippen LogP contribution in [0.25, 0.3) is 11.4 Å². The van der Waals surface area contributed by atoms with E-state index < -0.39 is 0 Å². The number of hydrogen-bond donors (Lipinski definition) is 1. The van der Waals surface area contributed by atoms with Gasteiger partial charge in [-0.05, 0) is 37.7 Å². The Morgan fingerprint density at radius 1 is 1.26 bits per heavy atom. The molecule has 1 amide bonds. The molecule has 3 rings (SSSR count). The Morgan fingerprint density at radius 2 is 2.00 bits per heavy atom. The molecular formula is C21H30N4OS. The minimum absolute atomic E-state index is 0.0893. The van der Waals surface area contributed by atoms with Gasteiger partial charge in [0.15, 0.2) is 11.0 Å². The minimum Gasteiger partial charge on any atom is -0.352 e. The molecule has 4 atom stereocenters. The molecule has 1 aliphatic carbocycles. The van der Waals surface area contributed by atoms with Gasteiger partial charge in [0.1, 0.15) is 0 Å². The van der Waals surface area contributed by atoms with Crippen molar-refractivity contribution in [1.82, 2.24) is 20.1 Å². The molecule has 27 heavy (non-hydrogen) atoms. The zero-order valence-corrected chi connectivity index (χ0v) is 17.7. The van der Waals surface area contributed by atoms with Gasteiger partial charge in [0, 0.05) is 18.7 Å². The van der Waals surface area contributed by atoms with Crippen LogP contribution in [-0.2, 0) is 11.8 Å². The SMILES string of the molecule is Cc1ccccc1-c1nnc(S[C@@H](C)C(=O)N[C@H]2CCC[C@H](C)[C@@H]2C)n1C. The fourth-order valence-electron chi connectivity index (χ4n) is 3.77. The van der Waals surface area contributed by atoms with Crippen molar-refractivity contribution in [2.75, 3.05) is 0 Å². The van der Waals surface area contributed by atoms with Crippen LogP contribution in [0.4, 0.5) is 0 Å². The van der Waals surface area contributed by atoms with Crippen molar-refractivity contribution >= 4 is 17.7 Å². The van der Waals surface area contributed by atoms with Crippen LogP contribution in [0.5, 0.6) is 0 Å². The molecule has 1 N–H and O–H groups in total. The summed E-state index contributed by atoms with van der Waals surface area (Å²) in [7, 11) is 1.96. The molecule has 1 aromatic heterocycles. The van der Waals surface area contributed by atoms with E-state index in [1.54, 1.807) is 0 Å². The number of rotatable bonds is 5. The largest absolute Gasteiger partial charge is 0.352 e. The van der Waals surface area contributed by atoms with E-state index in [9.17, 15) is 4.79 Å². The molecule has 0 bridgehead atoms. The van der Waals surface area contributed by atoms with E-state index in [4.69, 9.17) is 0 Å². The van der Waals surface area contributed by atoms with Crippen molar-refractivity contribution in [3.8, 4) is 11.4 Å². The van der Waals surface area contributed by atoms with Crippen molar-refractivity contribution in [2.24, 2.45) is 18.9 Å². The third-order valence-electron chi connectivity index (χ3n) is 5.91. The van der Waals surface area contributed by atoms with Crippen molar-refractivity contribution in [3.05, 3.63) is 29.8 Å². The lowest BCUT2D eigenvalue weighted by atomic mass is 9.78. The van der Waals surface area contributed by atoms with Gasteiger partial charge in [-0.1, -0.05) is 62.7 Å². The standard InChI is InChI=1S/C21H30N4OS/c1-13-10-8-12-18(15(13)3)22-20(26)16(4)27-21-24-23-19(25(21)5)17-11-7-6-9-14(17)2/h6-7,9,11,13,15-16,18H,8,10,12H2,1-5H3,(H,22,26)/t13-,15-,16-,18-/m0/s1. The molecule has 0 saturated heterocycles. The van der Waals surface area contributed by atoms with Gasteiger partial charge in [-0.15, -0.1) is 10.2 Å². The molecule has 5 nitrogen and oxygen atoms in total. The van der Waals surface area contributed by atoms with E-state index in [0.29, 0.717) is 11.8 Å². The first kappa shape index (κ1) is 19.9. The number of carbonyl (C=O) groups is 1. The van der Waals surface area contributed by atoms with Gasteiger partial charge in [-0.25, -0.2) is 0 Å². The summed E-state index contributed by atoms with van der Waals surface area (Å²) in [5.41, 5.74) is 2.23. The van der Waals surface area contributed by atoms with Gasteiger partial charge in [0.25, 0.3) is 0 Å². The van der Waals surface area contributed by atoms with Crippen molar-refractivity contribution in [1.29, 1.82) is 0 Å². The maximum Gasteiger partial charge on any atom is 0.233 e. The second kappa shape index (κ2) is 8.46. The Morgan fingerprint density at radius 3 is 2.74 bits per heavy atom. The molecular weight excluding hydrogens is 356 g/mol. The number of nitrogens with zero attached hydrogens (tertiary/aromatic N) is 3. The molecule has 1 heterocycles. The zero-order valence-electron chi connectivity index (χ0n) is 16.9. The van der Waals surface area contributed by atoms with E-state index in [0.717, 1.165) is 28.5 Å². The second-order valence-corrected chi connectivity index (χ2v) is 9.13. The fourth-order valence-corrected chi connectivity index (χ4v) is 4.60. The lowest BCUT2D eigenvalue weighted by Gasteiger charge is -2.35. The Balaban J connectivity index is 1.67. The van der Waals surface area contributed by atoms with Gasteiger partial charge < -0.3 is 9.88 Å². The number of nitrogens with one attached hydrogen (secondary N) is 1. The number of carbonyl (C=O) groups excluding carboxylic acids is 1. The first-order valence-electron chi connectivity index (χ1n) is 9.81. The van der Waals surface area contributed by atoms with Crippen LogP contribution in [-0.4, -0.2) is 32.0 Å². The van der Waals surface area contributed by atoms with Gasteiger partial charge >= 0.3 is 0 Å². The summed E-state index contributed by atoms with van der Waals surface area (Å²) < 4.78 is 1.97. The van der Waals surface area contributed by atoms with Crippen LogP contribution >= 0.6 is 11.8 Å². The molecule has 0 unspecified atom stereocenters. The van der Waals surface area contributed by atoms with Crippen LogP contribution in [0.1, 0.15) is 45.6 Å². The summed E-state index contributed by atoms with van der Waals surface area (Å²) in [6.07, 6.45) is 3.54. The summed E-state index contributed by atoms with van der Waals surface area (Å²) in [6.45, 7) is 8.55. The molecule has 0 radical (unpaired) electrons. The number of benzene rings is 1. The van der Waals surface area contributed by atoms with E-state index in [1.807, 2.05) is 30.7 Å². The highest BCUT2D eigenvalue weighted by molar-refractivity contribution is 8.00.